The fraction of sp³-hybridized carbons (Fsp3) is 0.333. The van der Waals surface area contributed by atoms with E-state index >= 15 is 0 Å². The Morgan fingerprint density at radius 1 is 1.21 bits per heavy atom. The molecule has 2 aromatic heterocycles. The highest BCUT2D eigenvalue weighted by molar-refractivity contribution is 7.09. The number of aromatic nitrogens is 2. The standard InChI is InChI=1S/C9H9ClN2OS/c1-4-5(2)13-6(3)7(4)8-11-9(10)12-14-8/h1-3H3. The number of rotatable bonds is 1. The summed E-state index contributed by atoms with van der Waals surface area (Å²) in [6.45, 7) is 5.87. The zero-order chi connectivity index (χ0) is 10.3. The Kier molecular flexibility index (Phi) is 2.33. The van der Waals surface area contributed by atoms with Crippen molar-refractivity contribution in [3.63, 3.8) is 0 Å². The molecule has 0 saturated heterocycles. The van der Waals surface area contributed by atoms with Gasteiger partial charge in [-0.3, -0.25) is 0 Å². The Labute approximate surface area is 90.9 Å². The van der Waals surface area contributed by atoms with Gasteiger partial charge in [0.1, 0.15) is 16.5 Å². The van der Waals surface area contributed by atoms with Crippen LogP contribution in [-0.4, -0.2) is 9.36 Å². The average molecular weight is 229 g/mol. The molecule has 14 heavy (non-hydrogen) atoms. The smallest absolute Gasteiger partial charge is 0.234 e. The van der Waals surface area contributed by atoms with E-state index in [1.54, 1.807) is 0 Å². The molecule has 2 rings (SSSR count). The maximum atomic E-state index is 5.68. The summed E-state index contributed by atoms with van der Waals surface area (Å²) in [5, 5.41) is 1.12. The molecule has 2 heterocycles. The lowest BCUT2D eigenvalue weighted by molar-refractivity contribution is 0.503. The second kappa shape index (κ2) is 3.37. The maximum absolute atomic E-state index is 5.68. The molecule has 0 fully saturated rings. The minimum absolute atomic E-state index is 0.294. The highest BCUT2D eigenvalue weighted by Crippen LogP contribution is 2.32. The number of furan rings is 1. The van der Waals surface area contributed by atoms with E-state index in [2.05, 4.69) is 9.36 Å². The third-order valence-corrected chi connectivity index (χ3v) is 3.18. The molecule has 0 aliphatic carbocycles. The number of halogens is 1. The van der Waals surface area contributed by atoms with Crippen LogP contribution < -0.4 is 0 Å². The van der Waals surface area contributed by atoms with Gasteiger partial charge in [-0.25, -0.2) is 4.98 Å². The van der Waals surface area contributed by atoms with Gasteiger partial charge in [-0.1, -0.05) is 0 Å². The second-order valence-electron chi connectivity index (χ2n) is 3.08. The number of hydrogen-bond acceptors (Lipinski definition) is 4. The van der Waals surface area contributed by atoms with Crippen LogP contribution in [0.4, 0.5) is 0 Å². The van der Waals surface area contributed by atoms with E-state index in [9.17, 15) is 0 Å². The first-order chi connectivity index (χ1) is 6.59. The molecule has 0 bridgehead atoms. The van der Waals surface area contributed by atoms with Crippen molar-refractivity contribution in [1.82, 2.24) is 9.36 Å². The van der Waals surface area contributed by atoms with Crippen molar-refractivity contribution in [3.05, 3.63) is 22.4 Å². The summed E-state index contributed by atoms with van der Waals surface area (Å²) in [5.41, 5.74) is 2.13. The summed E-state index contributed by atoms with van der Waals surface area (Å²) in [6.07, 6.45) is 0. The second-order valence-corrected chi connectivity index (χ2v) is 4.17. The maximum Gasteiger partial charge on any atom is 0.234 e. The zero-order valence-electron chi connectivity index (χ0n) is 8.09. The van der Waals surface area contributed by atoms with E-state index < -0.39 is 0 Å². The van der Waals surface area contributed by atoms with Crippen LogP contribution in [0.15, 0.2) is 4.42 Å². The van der Waals surface area contributed by atoms with Crippen molar-refractivity contribution in [1.29, 1.82) is 0 Å². The minimum atomic E-state index is 0.294. The van der Waals surface area contributed by atoms with Gasteiger partial charge in [0.05, 0.1) is 5.56 Å². The third kappa shape index (κ3) is 1.44. The van der Waals surface area contributed by atoms with Gasteiger partial charge < -0.3 is 4.42 Å². The van der Waals surface area contributed by atoms with Crippen LogP contribution in [0, 0.1) is 20.8 Å². The van der Waals surface area contributed by atoms with E-state index in [0.717, 1.165) is 27.7 Å². The topological polar surface area (TPSA) is 38.9 Å². The van der Waals surface area contributed by atoms with Crippen molar-refractivity contribution < 1.29 is 4.42 Å². The van der Waals surface area contributed by atoms with Crippen LogP contribution in [0.2, 0.25) is 5.28 Å². The van der Waals surface area contributed by atoms with Gasteiger partial charge in [-0.15, -0.1) is 0 Å². The first-order valence-electron chi connectivity index (χ1n) is 4.15. The lowest BCUT2D eigenvalue weighted by Gasteiger charge is -1.92. The number of aryl methyl sites for hydroxylation is 2. The van der Waals surface area contributed by atoms with Crippen molar-refractivity contribution in [2.45, 2.75) is 20.8 Å². The quantitative estimate of drug-likeness (QED) is 0.751. The fourth-order valence-corrected chi connectivity index (χ4v) is 2.37. The Morgan fingerprint density at radius 3 is 2.36 bits per heavy atom. The molecule has 2 aromatic rings. The molecule has 0 unspecified atom stereocenters. The van der Waals surface area contributed by atoms with Gasteiger partial charge in [0.25, 0.3) is 0 Å². The molecular formula is C9H9ClN2OS. The predicted octanol–water partition coefficient (Wildman–Crippen LogP) is 3.38. The van der Waals surface area contributed by atoms with Crippen molar-refractivity contribution >= 4 is 23.1 Å². The van der Waals surface area contributed by atoms with Crippen LogP contribution in [0.3, 0.4) is 0 Å². The monoisotopic (exact) mass is 228 g/mol. The van der Waals surface area contributed by atoms with Crippen molar-refractivity contribution in [3.8, 4) is 10.6 Å². The van der Waals surface area contributed by atoms with Crippen LogP contribution in [0.1, 0.15) is 17.1 Å². The highest BCUT2D eigenvalue weighted by Gasteiger charge is 2.16. The van der Waals surface area contributed by atoms with Gasteiger partial charge in [0.2, 0.25) is 5.28 Å². The Bertz CT molecular complexity index is 475. The van der Waals surface area contributed by atoms with Crippen LogP contribution in [0.25, 0.3) is 10.6 Å². The van der Waals surface area contributed by atoms with Gasteiger partial charge in [-0.05, 0) is 43.9 Å². The SMILES string of the molecule is Cc1oc(C)c(-c2nc(Cl)ns2)c1C. The van der Waals surface area contributed by atoms with Crippen molar-refractivity contribution in [2.75, 3.05) is 0 Å². The summed E-state index contributed by atoms with van der Waals surface area (Å²) >= 11 is 6.97. The summed E-state index contributed by atoms with van der Waals surface area (Å²) in [7, 11) is 0. The summed E-state index contributed by atoms with van der Waals surface area (Å²) in [5.74, 6) is 1.79. The molecule has 74 valence electrons. The predicted molar refractivity (Wildman–Crippen MR) is 56.8 cm³/mol. The molecule has 0 atom stereocenters. The van der Waals surface area contributed by atoms with E-state index in [-0.39, 0.29) is 0 Å². The van der Waals surface area contributed by atoms with Crippen LogP contribution in [0.5, 0.6) is 0 Å². The lowest BCUT2D eigenvalue weighted by Crippen LogP contribution is -1.79. The first-order valence-corrected chi connectivity index (χ1v) is 5.31. The molecule has 0 radical (unpaired) electrons. The van der Waals surface area contributed by atoms with E-state index in [4.69, 9.17) is 16.0 Å². The fourth-order valence-electron chi connectivity index (χ4n) is 1.42. The van der Waals surface area contributed by atoms with E-state index in [0.29, 0.717) is 5.28 Å². The molecule has 5 heteroatoms. The lowest BCUT2D eigenvalue weighted by atomic mass is 10.1. The first kappa shape index (κ1) is 9.68. The molecular weight excluding hydrogens is 220 g/mol. The van der Waals surface area contributed by atoms with Gasteiger partial charge >= 0.3 is 0 Å². The summed E-state index contributed by atoms with van der Waals surface area (Å²) in [6, 6.07) is 0. The Morgan fingerprint density at radius 2 is 1.93 bits per heavy atom. The van der Waals surface area contributed by atoms with Crippen LogP contribution >= 0.6 is 23.1 Å². The largest absolute Gasteiger partial charge is 0.466 e. The summed E-state index contributed by atoms with van der Waals surface area (Å²) in [4.78, 5) is 4.13. The molecule has 0 spiro atoms. The number of nitrogens with zero attached hydrogens (tertiary/aromatic N) is 2. The van der Waals surface area contributed by atoms with E-state index in [1.165, 1.54) is 11.5 Å². The third-order valence-electron chi connectivity index (χ3n) is 2.18. The molecule has 0 N–H and O–H groups in total. The van der Waals surface area contributed by atoms with Gasteiger partial charge in [0, 0.05) is 5.56 Å². The van der Waals surface area contributed by atoms with Gasteiger partial charge in [-0.2, -0.15) is 4.37 Å². The Hall–Kier alpha value is -0.870. The molecule has 0 aromatic carbocycles. The normalized spacial score (nSPS) is 10.9. The summed E-state index contributed by atoms with van der Waals surface area (Å²) < 4.78 is 9.44. The molecule has 3 nitrogen and oxygen atoms in total. The minimum Gasteiger partial charge on any atom is -0.466 e. The molecule has 0 aliphatic rings. The molecule has 0 saturated carbocycles. The van der Waals surface area contributed by atoms with Gasteiger partial charge in [0.15, 0.2) is 0 Å². The average Bonchev–Trinajstić information content (AvgIpc) is 2.60. The zero-order valence-corrected chi connectivity index (χ0v) is 9.66. The Balaban J connectivity index is 2.61. The highest BCUT2D eigenvalue weighted by atomic mass is 35.5. The van der Waals surface area contributed by atoms with E-state index in [1.807, 2.05) is 20.8 Å². The number of hydrogen-bond donors (Lipinski definition) is 0. The van der Waals surface area contributed by atoms with Crippen LogP contribution in [-0.2, 0) is 0 Å². The van der Waals surface area contributed by atoms with Crippen molar-refractivity contribution in [2.24, 2.45) is 0 Å². The molecule has 0 aliphatic heterocycles. The molecule has 0 amide bonds.